The Labute approximate surface area is 101 Å². The van der Waals surface area contributed by atoms with Crippen molar-refractivity contribution in [1.29, 1.82) is 0 Å². The highest BCUT2D eigenvalue weighted by atomic mass is 16.5. The standard InChI is InChI=1S/C14H16N2O/c15-14-12(10-6-2-1-3-7-10)13(16-17-14)11-8-4-5-9-11/h1-3,6-7,11H,4-5,8-9,15H2. The summed E-state index contributed by atoms with van der Waals surface area (Å²) in [5.41, 5.74) is 9.06. The predicted octanol–water partition coefficient (Wildman–Crippen LogP) is 3.58. The lowest BCUT2D eigenvalue weighted by Gasteiger charge is -2.07. The Balaban J connectivity index is 2.06. The van der Waals surface area contributed by atoms with Gasteiger partial charge in [0, 0.05) is 5.92 Å². The topological polar surface area (TPSA) is 52.0 Å². The van der Waals surface area contributed by atoms with Gasteiger partial charge >= 0.3 is 0 Å². The van der Waals surface area contributed by atoms with E-state index in [0.717, 1.165) is 16.8 Å². The first-order valence-electron chi connectivity index (χ1n) is 6.16. The largest absolute Gasteiger partial charge is 0.367 e. The minimum atomic E-state index is 0.443. The molecule has 88 valence electrons. The molecule has 0 amide bonds. The number of nitrogens with two attached hydrogens (primary N) is 1. The molecule has 3 rings (SSSR count). The molecule has 2 aromatic rings. The number of rotatable bonds is 2. The fourth-order valence-corrected chi connectivity index (χ4v) is 2.69. The lowest BCUT2D eigenvalue weighted by Crippen LogP contribution is -1.96. The molecule has 1 heterocycles. The second-order valence-electron chi connectivity index (χ2n) is 4.65. The van der Waals surface area contributed by atoms with E-state index < -0.39 is 0 Å². The summed E-state index contributed by atoms with van der Waals surface area (Å²) < 4.78 is 5.19. The maximum Gasteiger partial charge on any atom is 0.230 e. The summed E-state index contributed by atoms with van der Waals surface area (Å²) in [7, 11) is 0. The number of nitrogen functional groups attached to an aromatic ring is 1. The Hall–Kier alpha value is -1.77. The molecule has 0 radical (unpaired) electrons. The average molecular weight is 228 g/mol. The van der Waals surface area contributed by atoms with Crippen molar-refractivity contribution in [2.75, 3.05) is 5.73 Å². The molecule has 1 aliphatic rings. The summed E-state index contributed by atoms with van der Waals surface area (Å²) >= 11 is 0. The molecule has 0 saturated heterocycles. The van der Waals surface area contributed by atoms with E-state index in [0.29, 0.717) is 11.8 Å². The zero-order chi connectivity index (χ0) is 11.7. The van der Waals surface area contributed by atoms with E-state index in [9.17, 15) is 0 Å². The van der Waals surface area contributed by atoms with Gasteiger partial charge in [0.15, 0.2) is 0 Å². The van der Waals surface area contributed by atoms with Crippen LogP contribution in [0.2, 0.25) is 0 Å². The van der Waals surface area contributed by atoms with Gasteiger partial charge in [0.2, 0.25) is 5.88 Å². The molecule has 1 aliphatic carbocycles. The summed E-state index contributed by atoms with van der Waals surface area (Å²) in [6.45, 7) is 0. The van der Waals surface area contributed by atoms with Crippen molar-refractivity contribution >= 4 is 5.88 Å². The molecule has 1 aromatic heterocycles. The van der Waals surface area contributed by atoms with Crippen molar-refractivity contribution in [2.24, 2.45) is 0 Å². The number of aromatic nitrogens is 1. The van der Waals surface area contributed by atoms with Crippen LogP contribution in [0.5, 0.6) is 0 Å². The molecular weight excluding hydrogens is 212 g/mol. The number of anilines is 1. The van der Waals surface area contributed by atoms with Gasteiger partial charge in [0.1, 0.15) is 0 Å². The molecule has 3 heteroatoms. The number of benzene rings is 1. The SMILES string of the molecule is Nc1onc(C2CCCC2)c1-c1ccccc1. The van der Waals surface area contributed by atoms with Crippen molar-refractivity contribution in [3.63, 3.8) is 0 Å². The van der Waals surface area contributed by atoms with Gasteiger partial charge in [0.25, 0.3) is 0 Å². The second-order valence-corrected chi connectivity index (χ2v) is 4.65. The number of hydrogen-bond acceptors (Lipinski definition) is 3. The van der Waals surface area contributed by atoms with Crippen LogP contribution in [0.15, 0.2) is 34.9 Å². The van der Waals surface area contributed by atoms with E-state index in [1.54, 1.807) is 0 Å². The molecule has 17 heavy (non-hydrogen) atoms. The Morgan fingerprint density at radius 2 is 1.82 bits per heavy atom. The van der Waals surface area contributed by atoms with Gasteiger partial charge in [-0.3, -0.25) is 0 Å². The zero-order valence-electron chi connectivity index (χ0n) is 9.73. The van der Waals surface area contributed by atoms with E-state index in [1.807, 2.05) is 18.2 Å². The van der Waals surface area contributed by atoms with Gasteiger partial charge in [-0.05, 0) is 18.4 Å². The maximum absolute atomic E-state index is 5.91. The van der Waals surface area contributed by atoms with Gasteiger partial charge in [-0.2, -0.15) is 0 Å². The molecule has 0 aliphatic heterocycles. The monoisotopic (exact) mass is 228 g/mol. The first kappa shape index (κ1) is 10.4. The van der Waals surface area contributed by atoms with Gasteiger partial charge in [0.05, 0.1) is 11.3 Å². The van der Waals surface area contributed by atoms with E-state index in [2.05, 4.69) is 17.3 Å². The molecule has 0 bridgehead atoms. The highest BCUT2D eigenvalue weighted by Crippen LogP contribution is 2.40. The summed E-state index contributed by atoms with van der Waals surface area (Å²) in [6.07, 6.45) is 4.97. The molecule has 3 nitrogen and oxygen atoms in total. The van der Waals surface area contributed by atoms with E-state index in [4.69, 9.17) is 10.3 Å². The van der Waals surface area contributed by atoms with Crippen molar-refractivity contribution in [3.05, 3.63) is 36.0 Å². The van der Waals surface area contributed by atoms with Gasteiger partial charge in [-0.15, -0.1) is 0 Å². The van der Waals surface area contributed by atoms with Crippen molar-refractivity contribution < 1.29 is 4.52 Å². The van der Waals surface area contributed by atoms with Crippen LogP contribution >= 0.6 is 0 Å². The fourth-order valence-electron chi connectivity index (χ4n) is 2.69. The summed E-state index contributed by atoms with van der Waals surface area (Å²) in [5, 5.41) is 4.17. The summed E-state index contributed by atoms with van der Waals surface area (Å²) in [4.78, 5) is 0. The minimum absolute atomic E-state index is 0.443. The molecular formula is C14H16N2O. The Morgan fingerprint density at radius 3 is 2.53 bits per heavy atom. The van der Waals surface area contributed by atoms with Gasteiger partial charge in [-0.25, -0.2) is 0 Å². The fraction of sp³-hybridized carbons (Fsp3) is 0.357. The quantitative estimate of drug-likeness (QED) is 0.854. The number of nitrogens with zero attached hydrogens (tertiary/aromatic N) is 1. The molecule has 0 spiro atoms. The zero-order valence-corrected chi connectivity index (χ0v) is 9.73. The molecule has 1 fully saturated rings. The predicted molar refractivity (Wildman–Crippen MR) is 67.6 cm³/mol. The van der Waals surface area contributed by atoms with Crippen LogP contribution in [-0.4, -0.2) is 5.16 Å². The molecule has 0 unspecified atom stereocenters. The first-order valence-corrected chi connectivity index (χ1v) is 6.16. The Kier molecular flexibility index (Phi) is 2.59. The first-order chi connectivity index (χ1) is 8.36. The highest BCUT2D eigenvalue weighted by molar-refractivity contribution is 5.75. The molecule has 1 saturated carbocycles. The normalized spacial score (nSPS) is 16.5. The Bertz CT molecular complexity index is 498. The van der Waals surface area contributed by atoms with Crippen molar-refractivity contribution in [3.8, 4) is 11.1 Å². The number of hydrogen-bond donors (Lipinski definition) is 1. The molecule has 2 N–H and O–H groups in total. The van der Waals surface area contributed by atoms with E-state index in [1.165, 1.54) is 25.7 Å². The van der Waals surface area contributed by atoms with Gasteiger partial charge < -0.3 is 10.3 Å². The van der Waals surface area contributed by atoms with Crippen LogP contribution in [0.4, 0.5) is 5.88 Å². The van der Waals surface area contributed by atoms with Crippen LogP contribution in [0, 0.1) is 0 Å². The van der Waals surface area contributed by atoms with E-state index in [-0.39, 0.29) is 0 Å². The minimum Gasteiger partial charge on any atom is -0.367 e. The van der Waals surface area contributed by atoms with Gasteiger partial charge in [-0.1, -0.05) is 48.3 Å². The molecule has 1 aromatic carbocycles. The highest BCUT2D eigenvalue weighted by Gasteiger charge is 2.26. The van der Waals surface area contributed by atoms with E-state index >= 15 is 0 Å². The smallest absolute Gasteiger partial charge is 0.230 e. The van der Waals surface area contributed by atoms with Crippen molar-refractivity contribution in [1.82, 2.24) is 5.16 Å². The second kappa shape index (κ2) is 4.24. The maximum atomic E-state index is 5.91. The van der Waals surface area contributed by atoms with Crippen LogP contribution in [0.25, 0.3) is 11.1 Å². The van der Waals surface area contributed by atoms with Crippen LogP contribution < -0.4 is 5.73 Å². The lowest BCUT2D eigenvalue weighted by molar-refractivity contribution is 0.420. The third-order valence-corrected chi connectivity index (χ3v) is 3.55. The third-order valence-electron chi connectivity index (χ3n) is 3.55. The molecule has 0 atom stereocenters. The third kappa shape index (κ3) is 1.82. The van der Waals surface area contributed by atoms with Crippen LogP contribution in [0.3, 0.4) is 0 Å². The van der Waals surface area contributed by atoms with Crippen LogP contribution in [-0.2, 0) is 0 Å². The average Bonchev–Trinajstić information content (AvgIpc) is 2.98. The van der Waals surface area contributed by atoms with Crippen molar-refractivity contribution in [2.45, 2.75) is 31.6 Å². The lowest BCUT2D eigenvalue weighted by atomic mass is 9.96. The Morgan fingerprint density at radius 1 is 1.12 bits per heavy atom. The summed E-state index contributed by atoms with van der Waals surface area (Å²) in [5.74, 6) is 0.962. The summed E-state index contributed by atoms with van der Waals surface area (Å²) in [6, 6.07) is 10.1. The van der Waals surface area contributed by atoms with Crippen LogP contribution in [0.1, 0.15) is 37.3 Å².